The molecule has 0 spiro atoms. The molecular weight excluding hydrogens is 440 g/mol. The number of rotatable bonds is 6. The molecule has 0 bridgehead atoms. The molecule has 1 unspecified atom stereocenters. The molecule has 0 saturated heterocycles. The summed E-state index contributed by atoms with van der Waals surface area (Å²) in [4.78, 5) is 6.74. The molecule has 0 amide bonds. The summed E-state index contributed by atoms with van der Waals surface area (Å²) in [5.41, 5.74) is 4.86. The summed E-state index contributed by atoms with van der Waals surface area (Å²) in [6, 6.07) is 13.7. The number of allylic oxidation sites excluding steroid dienone is 1. The van der Waals surface area contributed by atoms with Gasteiger partial charge in [0, 0.05) is 24.9 Å². The summed E-state index contributed by atoms with van der Waals surface area (Å²) in [6.45, 7) is 5.44. The topological polar surface area (TPSA) is 81.9 Å². The van der Waals surface area contributed by atoms with Crippen LogP contribution in [-0.4, -0.2) is 47.2 Å². The highest BCUT2D eigenvalue weighted by Gasteiger charge is 2.34. The highest BCUT2D eigenvalue weighted by Crippen LogP contribution is 2.39. The molecule has 5 rings (SSSR count). The lowest BCUT2D eigenvalue weighted by molar-refractivity contribution is 0.174. The standard InChI is InChI=1S/C24H24N4O4S/c1-14-4-6-16(7-5-14)21-20(15(2)28(10-11-29-3)24(33)25-21)23-26-22(27-32-23)17-8-9-18-19(12-17)31-13-30-18/h4-9,12,21H,10-11,13H2,1-3H3,(H,25,33). The summed E-state index contributed by atoms with van der Waals surface area (Å²) >= 11 is 5.68. The number of hydrogen-bond donors (Lipinski definition) is 1. The lowest BCUT2D eigenvalue weighted by Gasteiger charge is -2.37. The molecule has 0 radical (unpaired) electrons. The zero-order valence-electron chi connectivity index (χ0n) is 18.6. The van der Waals surface area contributed by atoms with Gasteiger partial charge in [0.25, 0.3) is 5.89 Å². The fourth-order valence-electron chi connectivity index (χ4n) is 4.00. The average Bonchev–Trinajstić information content (AvgIpc) is 3.48. The maximum absolute atomic E-state index is 5.78. The summed E-state index contributed by atoms with van der Waals surface area (Å²) in [5.74, 6) is 2.28. The van der Waals surface area contributed by atoms with Crippen molar-refractivity contribution < 1.29 is 18.7 Å². The van der Waals surface area contributed by atoms with Crippen molar-refractivity contribution in [2.75, 3.05) is 27.1 Å². The maximum Gasteiger partial charge on any atom is 0.258 e. The largest absolute Gasteiger partial charge is 0.454 e. The second-order valence-corrected chi connectivity index (χ2v) is 8.31. The second kappa shape index (κ2) is 8.84. The van der Waals surface area contributed by atoms with Gasteiger partial charge in [0.05, 0.1) is 18.2 Å². The lowest BCUT2D eigenvalue weighted by atomic mass is 9.94. The van der Waals surface area contributed by atoms with E-state index in [4.69, 9.17) is 35.9 Å². The predicted molar refractivity (Wildman–Crippen MR) is 127 cm³/mol. The fourth-order valence-corrected chi connectivity index (χ4v) is 4.35. The monoisotopic (exact) mass is 464 g/mol. The van der Waals surface area contributed by atoms with E-state index in [1.54, 1.807) is 7.11 Å². The molecule has 2 aromatic carbocycles. The number of aryl methyl sites for hydroxylation is 1. The van der Waals surface area contributed by atoms with Crippen LogP contribution < -0.4 is 14.8 Å². The van der Waals surface area contributed by atoms with Crippen molar-refractivity contribution in [3.63, 3.8) is 0 Å². The number of thiocarbonyl (C=S) groups is 1. The molecule has 33 heavy (non-hydrogen) atoms. The Kier molecular flexibility index (Phi) is 5.74. The van der Waals surface area contributed by atoms with Gasteiger partial charge in [0.1, 0.15) is 0 Å². The Balaban J connectivity index is 1.56. The normalized spacial score (nSPS) is 17.5. The predicted octanol–water partition coefficient (Wildman–Crippen LogP) is 4.08. The first kappa shape index (κ1) is 21.4. The number of benzene rings is 2. The number of ether oxygens (including phenoxy) is 3. The molecule has 1 atom stereocenters. The van der Waals surface area contributed by atoms with Gasteiger partial charge in [-0.15, -0.1) is 0 Å². The number of fused-ring (bicyclic) bond motifs is 1. The Morgan fingerprint density at radius 2 is 1.91 bits per heavy atom. The SMILES string of the molecule is COCCN1C(=S)NC(c2ccc(C)cc2)C(c2nc(-c3ccc4c(c3)OCO4)no2)=C1C. The van der Waals surface area contributed by atoms with E-state index < -0.39 is 0 Å². The Labute approximate surface area is 197 Å². The van der Waals surface area contributed by atoms with Gasteiger partial charge in [0.15, 0.2) is 16.6 Å². The van der Waals surface area contributed by atoms with Crippen molar-refractivity contribution in [2.24, 2.45) is 0 Å². The van der Waals surface area contributed by atoms with Crippen LogP contribution in [0.3, 0.4) is 0 Å². The van der Waals surface area contributed by atoms with E-state index in [2.05, 4.69) is 41.7 Å². The molecule has 3 aromatic rings. The highest BCUT2D eigenvalue weighted by molar-refractivity contribution is 7.80. The van der Waals surface area contributed by atoms with Crippen LogP contribution in [0.5, 0.6) is 11.5 Å². The van der Waals surface area contributed by atoms with Crippen LogP contribution in [0, 0.1) is 6.92 Å². The van der Waals surface area contributed by atoms with Gasteiger partial charge in [-0.1, -0.05) is 35.0 Å². The molecule has 9 heteroatoms. The first-order valence-electron chi connectivity index (χ1n) is 10.6. The van der Waals surface area contributed by atoms with E-state index in [1.807, 2.05) is 30.0 Å². The maximum atomic E-state index is 5.78. The molecule has 1 N–H and O–H groups in total. The molecule has 0 fully saturated rings. The molecule has 2 aliphatic rings. The molecule has 170 valence electrons. The van der Waals surface area contributed by atoms with Crippen LogP contribution in [0.25, 0.3) is 17.0 Å². The van der Waals surface area contributed by atoms with E-state index >= 15 is 0 Å². The van der Waals surface area contributed by atoms with Crippen molar-refractivity contribution >= 4 is 22.9 Å². The first-order chi connectivity index (χ1) is 16.0. The van der Waals surface area contributed by atoms with E-state index in [0.717, 1.165) is 22.4 Å². The quantitative estimate of drug-likeness (QED) is 0.543. The van der Waals surface area contributed by atoms with Crippen molar-refractivity contribution in [1.29, 1.82) is 0 Å². The minimum Gasteiger partial charge on any atom is -0.454 e. The minimum absolute atomic E-state index is 0.212. The number of aromatic nitrogens is 2. The fraction of sp³-hybridized carbons (Fsp3) is 0.292. The summed E-state index contributed by atoms with van der Waals surface area (Å²) < 4.78 is 21.9. The third-order valence-corrected chi connectivity index (χ3v) is 6.15. The third kappa shape index (κ3) is 4.05. The van der Waals surface area contributed by atoms with Gasteiger partial charge in [0.2, 0.25) is 12.6 Å². The van der Waals surface area contributed by atoms with Gasteiger partial charge in [-0.25, -0.2) is 0 Å². The van der Waals surface area contributed by atoms with Crippen LogP contribution in [0.1, 0.15) is 30.0 Å². The number of nitrogens with zero attached hydrogens (tertiary/aromatic N) is 3. The Morgan fingerprint density at radius 1 is 1.12 bits per heavy atom. The van der Waals surface area contributed by atoms with Gasteiger partial charge in [-0.05, 0) is 49.8 Å². The van der Waals surface area contributed by atoms with E-state index in [0.29, 0.717) is 41.5 Å². The van der Waals surface area contributed by atoms with Crippen LogP contribution >= 0.6 is 12.2 Å². The van der Waals surface area contributed by atoms with E-state index in [-0.39, 0.29) is 12.8 Å². The van der Waals surface area contributed by atoms with Crippen LogP contribution in [0.15, 0.2) is 52.7 Å². The number of methoxy groups -OCH3 is 1. The third-order valence-electron chi connectivity index (χ3n) is 5.81. The molecule has 3 heterocycles. The Bertz CT molecular complexity index is 1220. The van der Waals surface area contributed by atoms with Crippen LogP contribution in [0.2, 0.25) is 0 Å². The minimum atomic E-state index is -0.220. The average molecular weight is 465 g/mol. The molecule has 1 aromatic heterocycles. The molecule has 0 saturated carbocycles. The first-order valence-corrected chi connectivity index (χ1v) is 11.0. The lowest BCUT2D eigenvalue weighted by Crippen LogP contribution is -2.47. The molecule has 8 nitrogen and oxygen atoms in total. The van der Waals surface area contributed by atoms with Crippen molar-refractivity contribution in [2.45, 2.75) is 19.9 Å². The van der Waals surface area contributed by atoms with E-state index in [9.17, 15) is 0 Å². The van der Waals surface area contributed by atoms with Gasteiger partial charge in [-0.2, -0.15) is 4.98 Å². The zero-order chi connectivity index (χ0) is 22.9. The summed E-state index contributed by atoms with van der Waals surface area (Å²) in [5, 5.41) is 8.34. The van der Waals surface area contributed by atoms with Crippen LogP contribution in [0.4, 0.5) is 0 Å². The van der Waals surface area contributed by atoms with Crippen molar-refractivity contribution in [3.05, 3.63) is 65.2 Å². The summed E-state index contributed by atoms with van der Waals surface area (Å²) in [6.07, 6.45) is 0. The molecular formula is C24H24N4O4S. The molecule has 2 aliphatic heterocycles. The smallest absolute Gasteiger partial charge is 0.258 e. The number of nitrogens with one attached hydrogen (secondary N) is 1. The highest BCUT2D eigenvalue weighted by atomic mass is 32.1. The zero-order valence-corrected chi connectivity index (χ0v) is 19.4. The number of hydrogen-bond acceptors (Lipinski definition) is 7. The van der Waals surface area contributed by atoms with Crippen molar-refractivity contribution in [3.8, 4) is 22.9 Å². The van der Waals surface area contributed by atoms with Gasteiger partial charge >= 0.3 is 0 Å². The Morgan fingerprint density at radius 3 is 2.70 bits per heavy atom. The van der Waals surface area contributed by atoms with Crippen molar-refractivity contribution in [1.82, 2.24) is 20.4 Å². The van der Waals surface area contributed by atoms with Gasteiger partial charge in [-0.3, -0.25) is 0 Å². The second-order valence-electron chi connectivity index (χ2n) is 7.93. The summed E-state index contributed by atoms with van der Waals surface area (Å²) in [7, 11) is 1.67. The van der Waals surface area contributed by atoms with E-state index in [1.165, 1.54) is 5.56 Å². The molecule has 0 aliphatic carbocycles. The Hall–Kier alpha value is -3.43. The van der Waals surface area contributed by atoms with Gasteiger partial charge < -0.3 is 29.0 Å². The van der Waals surface area contributed by atoms with Crippen LogP contribution in [-0.2, 0) is 4.74 Å².